The van der Waals surface area contributed by atoms with Gasteiger partial charge in [0.25, 0.3) is 0 Å². The Morgan fingerprint density at radius 2 is 1.46 bits per heavy atom. The molecule has 0 aliphatic carbocycles. The number of para-hydroxylation sites is 2. The number of rotatable bonds is 8. The summed E-state index contributed by atoms with van der Waals surface area (Å²) in [7, 11) is -5.45. The SMILES string of the molecule is COc1ccccc1NS(=O)(=O)C(F)(F)C(F)(F)OC(F)(F)C(F)(F)I. The van der Waals surface area contributed by atoms with E-state index in [1.54, 1.807) is 0 Å². The normalized spacial score (nSPS) is 14.2. The van der Waals surface area contributed by atoms with Crippen LogP contribution < -0.4 is 9.46 Å². The number of anilines is 1. The molecule has 5 nitrogen and oxygen atoms in total. The topological polar surface area (TPSA) is 64.6 Å². The van der Waals surface area contributed by atoms with Gasteiger partial charge in [0, 0.05) is 22.6 Å². The lowest BCUT2D eigenvalue weighted by Gasteiger charge is -2.30. The van der Waals surface area contributed by atoms with Crippen LogP contribution in [0.25, 0.3) is 0 Å². The van der Waals surface area contributed by atoms with Crippen LogP contribution in [-0.2, 0) is 14.8 Å². The number of nitrogens with one attached hydrogen (secondary N) is 1. The quantitative estimate of drug-likeness (QED) is 0.311. The zero-order valence-corrected chi connectivity index (χ0v) is 15.2. The van der Waals surface area contributed by atoms with E-state index in [1.165, 1.54) is 6.07 Å². The fourth-order valence-electron chi connectivity index (χ4n) is 1.37. The molecule has 0 heterocycles. The monoisotopic (exact) mass is 529 g/mol. The number of hydrogen-bond donors (Lipinski definition) is 1. The molecule has 1 aromatic carbocycles. The molecule has 0 saturated carbocycles. The number of alkyl halides is 9. The van der Waals surface area contributed by atoms with Crippen LogP contribution >= 0.6 is 22.6 Å². The highest BCUT2D eigenvalue weighted by Crippen LogP contribution is 2.49. The molecule has 0 radical (unpaired) electrons. The largest absolute Gasteiger partial charge is 0.495 e. The van der Waals surface area contributed by atoms with Crippen molar-refractivity contribution in [1.29, 1.82) is 0 Å². The van der Waals surface area contributed by atoms with Gasteiger partial charge in [0.1, 0.15) is 5.75 Å². The van der Waals surface area contributed by atoms with E-state index in [4.69, 9.17) is 0 Å². The van der Waals surface area contributed by atoms with Gasteiger partial charge in [0.15, 0.2) is 0 Å². The van der Waals surface area contributed by atoms with Gasteiger partial charge >= 0.3 is 31.4 Å². The fraction of sp³-hybridized carbons (Fsp3) is 0.455. The third kappa shape index (κ3) is 4.41. The maximum atomic E-state index is 13.7. The van der Waals surface area contributed by atoms with Crippen LogP contribution in [0.15, 0.2) is 24.3 Å². The van der Waals surface area contributed by atoms with Crippen molar-refractivity contribution in [2.75, 3.05) is 11.8 Å². The number of halogens is 9. The molecular formula is C11H8F8INO4S. The van der Waals surface area contributed by atoms with Gasteiger partial charge < -0.3 is 4.74 Å². The van der Waals surface area contributed by atoms with Gasteiger partial charge in [-0.2, -0.15) is 43.5 Å². The first-order chi connectivity index (χ1) is 11.5. The molecule has 0 atom stereocenters. The van der Waals surface area contributed by atoms with Gasteiger partial charge in [-0.25, -0.2) is 4.74 Å². The highest BCUT2D eigenvalue weighted by molar-refractivity contribution is 14.1. The predicted octanol–water partition coefficient (Wildman–Crippen LogP) is 4.26. The lowest BCUT2D eigenvalue weighted by molar-refractivity contribution is -0.438. The molecular weight excluding hydrogens is 521 g/mol. The van der Waals surface area contributed by atoms with E-state index < -0.39 is 37.1 Å². The highest BCUT2D eigenvalue weighted by Gasteiger charge is 2.73. The summed E-state index contributed by atoms with van der Waals surface area (Å²) in [5.74, 6) is -0.375. The van der Waals surface area contributed by atoms with Gasteiger partial charge in [0.05, 0.1) is 12.8 Å². The van der Waals surface area contributed by atoms with Crippen LogP contribution in [-0.4, -0.2) is 36.9 Å². The molecule has 0 fully saturated rings. The van der Waals surface area contributed by atoms with Crippen molar-refractivity contribution in [3.63, 3.8) is 0 Å². The smallest absolute Gasteiger partial charge is 0.453 e. The van der Waals surface area contributed by atoms with Crippen LogP contribution in [0.1, 0.15) is 0 Å². The molecule has 0 saturated heterocycles. The van der Waals surface area contributed by atoms with E-state index >= 15 is 0 Å². The molecule has 0 bridgehead atoms. The minimum Gasteiger partial charge on any atom is -0.495 e. The molecule has 26 heavy (non-hydrogen) atoms. The van der Waals surface area contributed by atoms with Crippen molar-refractivity contribution in [2.24, 2.45) is 0 Å². The first kappa shape index (κ1) is 22.9. The summed E-state index contributed by atoms with van der Waals surface area (Å²) in [5, 5.41) is -6.35. The van der Waals surface area contributed by atoms with E-state index in [9.17, 15) is 43.5 Å². The van der Waals surface area contributed by atoms with Gasteiger partial charge in [-0.05, 0) is 12.1 Å². The number of hydrogen-bond acceptors (Lipinski definition) is 4. The Balaban J connectivity index is 3.24. The predicted molar refractivity (Wildman–Crippen MR) is 80.4 cm³/mol. The Hall–Kier alpha value is -1.10. The molecule has 150 valence electrons. The third-order valence-corrected chi connectivity index (χ3v) is 4.64. The van der Waals surface area contributed by atoms with Crippen LogP contribution in [0.5, 0.6) is 5.75 Å². The Kier molecular flexibility index (Phi) is 6.30. The van der Waals surface area contributed by atoms with Crippen molar-refractivity contribution in [2.45, 2.75) is 21.4 Å². The summed E-state index contributed by atoms with van der Waals surface area (Å²) in [6.45, 7) is 0. The minimum absolute atomic E-state index is 0.332. The molecule has 0 unspecified atom stereocenters. The van der Waals surface area contributed by atoms with Gasteiger partial charge in [-0.15, -0.1) is 0 Å². The second kappa shape index (κ2) is 7.14. The van der Waals surface area contributed by atoms with Crippen LogP contribution in [0, 0.1) is 0 Å². The lowest BCUT2D eigenvalue weighted by atomic mass is 10.3. The Bertz CT molecular complexity index is 753. The summed E-state index contributed by atoms with van der Waals surface area (Å²) in [6.07, 6.45) is -12.6. The fourth-order valence-corrected chi connectivity index (χ4v) is 2.42. The number of methoxy groups -OCH3 is 1. The Morgan fingerprint density at radius 3 is 1.92 bits per heavy atom. The maximum absolute atomic E-state index is 13.7. The summed E-state index contributed by atoms with van der Waals surface area (Å²) in [4.78, 5) is 0. The first-order valence-electron chi connectivity index (χ1n) is 6.04. The molecule has 0 aliphatic rings. The lowest BCUT2D eigenvalue weighted by Crippen LogP contribution is -2.56. The van der Waals surface area contributed by atoms with E-state index in [-0.39, 0.29) is 28.3 Å². The van der Waals surface area contributed by atoms with Crippen molar-refractivity contribution >= 4 is 38.3 Å². The van der Waals surface area contributed by atoms with E-state index in [2.05, 4.69) is 9.47 Å². The number of sulfonamides is 1. The van der Waals surface area contributed by atoms with E-state index in [0.717, 1.165) is 30.0 Å². The summed E-state index contributed by atoms with van der Waals surface area (Å²) in [6, 6.07) is 4.28. The zero-order valence-electron chi connectivity index (χ0n) is 12.3. The summed E-state index contributed by atoms with van der Waals surface area (Å²) in [5.41, 5.74) is -0.739. The molecule has 1 rings (SSSR count). The number of ether oxygens (including phenoxy) is 2. The zero-order chi connectivity index (χ0) is 20.6. The van der Waals surface area contributed by atoms with Crippen LogP contribution in [0.4, 0.5) is 40.8 Å². The standard InChI is InChI=1S/C11H8F8INO4S/c1-24-7-5-3-2-4-6(7)21-26(22,23)11(18,19)10(16,17)25-9(14,15)8(12,13)20/h2-5,21H,1H3. The van der Waals surface area contributed by atoms with Crippen molar-refractivity contribution in [3.05, 3.63) is 24.3 Å². The van der Waals surface area contributed by atoms with Crippen LogP contribution in [0.3, 0.4) is 0 Å². The first-order valence-corrected chi connectivity index (χ1v) is 8.60. The molecule has 0 aliphatic heterocycles. The molecule has 1 N–H and O–H groups in total. The van der Waals surface area contributed by atoms with Crippen LogP contribution in [0.2, 0.25) is 0 Å². The minimum atomic E-state index is -6.51. The summed E-state index contributed by atoms with van der Waals surface area (Å²) < 4.78 is 130. The summed E-state index contributed by atoms with van der Waals surface area (Å²) >= 11 is -0.332. The van der Waals surface area contributed by atoms with Gasteiger partial charge in [-0.1, -0.05) is 12.1 Å². The van der Waals surface area contributed by atoms with Crippen molar-refractivity contribution in [3.8, 4) is 5.75 Å². The van der Waals surface area contributed by atoms with E-state index in [0.29, 0.717) is 0 Å². The second-order valence-corrected chi connectivity index (χ2v) is 7.53. The molecule has 1 aromatic rings. The number of benzene rings is 1. The Morgan fingerprint density at radius 1 is 0.962 bits per heavy atom. The molecule has 0 aromatic heterocycles. The molecule has 0 amide bonds. The molecule has 0 spiro atoms. The average Bonchev–Trinajstić information content (AvgIpc) is 2.44. The third-order valence-electron chi connectivity index (χ3n) is 2.61. The van der Waals surface area contributed by atoms with Crippen molar-refractivity contribution in [1.82, 2.24) is 0 Å². The Labute approximate surface area is 154 Å². The van der Waals surface area contributed by atoms with Crippen molar-refractivity contribution < 1.29 is 53.0 Å². The van der Waals surface area contributed by atoms with Gasteiger partial charge in [-0.3, -0.25) is 4.72 Å². The average molecular weight is 529 g/mol. The maximum Gasteiger partial charge on any atom is 0.453 e. The highest BCUT2D eigenvalue weighted by atomic mass is 127. The van der Waals surface area contributed by atoms with E-state index in [1.807, 2.05) is 0 Å². The van der Waals surface area contributed by atoms with Gasteiger partial charge in [0.2, 0.25) is 0 Å². The molecule has 15 heteroatoms. The second-order valence-electron chi connectivity index (χ2n) is 4.46.